The Bertz CT molecular complexity index is 834. The minimum absolute atomic E-state index is 0.0230. The first-order valence-electron chi connectivity index (χ1n) is 10.6. The Morgan fingerprint density at radius 3 is 2.41 bits per heavy atom. The molecule has 1 heterocycles. The topological polar surface area (TPSA) is 28.1 Å². The van der Waals surface area contributed by atoms with Crippen LogP contribution in [0.3, 0.4) is 0 Å². The summed E-state index contributed by atoms with van der Waals surface area (Å²) in [6.07, 6.45) is -2.22. The molecular weight excluding hydrogens is 467 g/mol. The van der Waals surface area contributed by atoms with Gasteiger partial charge in [0.2, 0.25) is 0 Å². The summed E-state index contributed by atoms with van der Waals surface area (Å²) < 4.78 is 94.8. The summed E-state index contributed by atoms with van der Waals surface area (Å²) in [5.41, 5.74) is 0.291. The number of hydrogen-bond donors (Lipinski definition) is 0. The van der Waals surface area contributed by atoms with Gasteiger partial charge in [0.05, 0.1) is 6.54 Å². The van der Waals surface area contributed by atoms with Crippen LogP contribution >= 0.6 is 0 Å². The van der Waals surface area contributed by atoms with Crippen molar-refractivity contribution in [2.75, 3.05) is 27.2 Å². The highest BCUT2D eigenvalue weighted by Gasteiger charge is 2.33. The van der Waals surface area contributed by atoms with Crippen molar-refractivity contribution in [3.63, 3.8) is 0 Å². The molecule has 0 amide bonds. The third-order valence-electron chi connectivity index (χ3n) is 4.46. The smallest absolute Gasteiger partial charge is 0.433 e. The number of ether oxygens (including phenoxy) is 1. The molecule has 0 atom stereocenters. The van der Waals surface area contributed by atoms with Crippen molar-refractivity contribution in [1.29, 1.82) is 0 Å². The molecule has 0 N–H and O–H groups in total. The molecule has 0 spiro atoms. The zero-order valence-electron chi connectivity index (χ0n) is 19.4. The molecule has 0 unspecified atom stereocenters. The Balaban J connectivity index is 2.95. The molecule has 192 valence electrons. The highest BCUT2D eigenvalue weighted by molar-refractivity contribution is 5.63. The molecule has 0 aromatic heterocycles. The van der Waals surface area contributed by atoms with E-state index >= 15 is 0 Å². The second kappa shape index (κ2) is 13.4. The second-order valence-corrected chi connectivity index (χ2v) is 7.74. The largest absolute Gasteiger partial charge is 0.484 e. The van der Waals surface area contributed by atoms with E-state index in [9.17, 15) is 30.7 Å². The minimum Gasteiger partial charge on any atom is -0.484 e. The van der Waals surface area contributed by atoms with Crippen LogP contribution in [0.4, 0.5) is 30.7 Å². The average Bonchev–Trinajstić information content (AvgIpc) is 2.67. The third kappa shape index (κ3) is 11.5. The van der Waals surface area contributed by atoms with Gasteiger partial charge in [0.15, 0.2) is 6.61 Å². The zero-order valence-corrected chi connectivity index (χ0v) is 19.4. The molecule has 1 aliphatic heterocycles. The summed E-state index contributed by atoms with van der Waals surface area (Å²) in [4.78, 5) is 3.51. The lowest BCUT2D eigenvalue weighted by atomic mass is 10.1. The van der Waals surface area contributed by atoms with Crippen molar-refractivity contribution < 1.29 is 35.5 Å². The second-order valence-electron chi connectivity index (χ2n) is 7.74. The van der Waals surface area contributed by atoms with Gasteiger partial charge in [-0.3, -0.25) is 4.99 Å². The summed E-state index contributed by atoms with van der Waals surface area (Å²) in [6.45, 7) is 4.34. The van der Waals surface area contributed by atoms with E-state index < -0.39 is 30.5 Å². The van der Waals surface area contributed by atoms with Gasteiger partial charge in [0.1, 0.15) is 17.3 Å². The van der Waals surface area contributed by atoms with Crippen molar-refractivity contribution in [1.82, 2.24) is 10.0 Å². The predicted octanol–water partition coefficient (Wildman–Crippen LogP) is 7.02. The van der Waals surface area contributed by atoms with Gasteiger partial charge < -0.3 is 9.75 Å². The fraction of sp³-hybridized carbons (Fsp3) is 0.522. The Hall–Kier alpha value is -2.56. The van der Waals surface area contributed by atoms with E-state index in [0.717, 1.165) is 12.2 Å². The number of alkyl halides is 6. The van der Waals surface area contributed by atoms with Crippen LogP contribution in [0, 0.1) is 0 Å². The standard InChI is InChI=1S/C23H30F7N3O/c1-5-7-18(24)14-20(34-16-22(25,26)27)11-10-17(2)15-33(32(3)4)19-8-6-9-21(23(28,29)30)31-13-12-19/h8-9,11,13-14H,2,5-7,10,12,15-16H2,1,3-4H3/b18-14+,19-8+,20-11+,21-9-,31-13-. The number of aliphatic imine (C=N–C) groups is 1. The van der Waals surface area contributed by atoms with Gasteiger partial charge in [-0.15, -0.1) is 0 Å². The number of halogens is 7. The first-order chi connectivity index (χ1) is 15.7. The number of rotatable bonds is 11. The van der Waals surface area contributed by atoms with E-state index in [4.69, 9.17) is 4.74 Å². The molecule has 0 saturated carbocycles. The number of nitrogens with zero attached hydrogens (tertiary/aromatic N) is 3. The van der Waals surface area contributed by atoms with Crippen LogP contribution < -0.4 is 0 Å². The number of allylic oxidation sites excluding steroid dienone is 7. The monoisotopic (exact) mass is 497 g/mol. The van der Waals surface area contributed by atoms with E-state index in [0.29, 0.717) is 17.7 Å². The maximum Gasteiger partial charge on any atom is 0.433 e. The zero-order chi connectivity index (χ0) is 25.9. The van der Waals surface area contributed by atoms with E-state index in [1.165, 1.54) is 12.3 Å². The molecule has 0 aromatic carbocycles. The maximum absolute atomic E-state index is 13.9. The average molecular weight is 497 g/mol. The molecule has 0 bridgehead atoms. The lowest BCUT2D eigenvalue weighted by molar-refractivity contribution is -0.163. The van der Waals surface area contributed by atoms with Crippen molar-refractivity contribution in [2.24, 2.45) is 4.99 Å². The van der Waals surface area contributed by atoms with E-state index in [2.05, 4.69) is 11.6 Å². The quantitative estimate of drug-likeness (QED) is 0.101. The predicted molar refractivity (Wildman–Crippen MR) is 118 cm³/mol. The molecule has 0 saturated heterocycles. The first-order valence-corrected chi connectivity index (χ1v) is 10.6. The van der Waals surface area contributed by atoms with Crippen LogP contribution in [-0.2, 0) is 4.74 Å². The first kappa shape index (κ1) is 29.5. The van der Waals surface area contributed by atoms with Gasteiger partial charge in [-0.2, -0.15) is 26.3 Å². The molecule has 11 heteroatoms. The fourth-order valence-corrected chi connectivity index (χ4v) is 2.89. The number of hydrazine groups is 1. The van der Waals surface area contributed by atoms with E-state index in [1.807, 2.05) is 0 Å². The highest BCUT2D eigenvalue weighted by Crippen LogP contribution is 2.28. The van der Waals surface area contributed by atoms with E-state index in [-0.39, 0.29) is 38.0 Å². The number of hydrogen-bond acceptors (Lipinski definition) is 4. The molecule has 1 rings (SSSR count). The molecule has 0 fully saturated rings. The molecule has 0 aromatic rings. The van der Waals surface area contributed by atoms with Crippen molar-refractivity contribution in [3.05, 3.63) is 59.4 Å². The van der Waals surface area contributed by atoms with Gasteiger partial charge in [-0.1, -0.05) is 25.2 Å². The van der Waals surface area contributed by atoms with Crippen molar-refractivity contribution in [2.45, 2.75) is 51.4 Å². The van der Waals surface area contributed by atoms with Crippen molar-refractivity contribution in [3.8, 4) is 0 Å². The lowest BCUT2D eigenvalue weighted by Crippen LogP contribution is -2.37. The molecule has 1 aliphatic rings. The van der Waals surface area contributed by atoms with E-state index in [1.54, 1.807) is 37.1 Å². The maximum atomic E-state index is 13.9. The Morgan fingerprint density at radius 1 is 1.18 bits per heavy atom. The minimum atomic E-state index is -4.57. The fourth-order valence-electron chi connectivity index (χ4n) is 2.89. The SMILES string of the molecule is C=C(C/C=C(\C=C(\F)CCC)OCC(F)(F)F)CN(/C1=C/C/C=C(C(F)(F)F)\N=C/C1)N(C)C. The third-order valence-corrected chi connectivity index (χ3v) is 4.46. The Kier molecular flexibility index (Phi) is 11.6. The molecule has 0 radical (unpaired) electrons. The summed E-state index contributed by atoms with van der Waals surface area (Å²) in [6, 6.07) is 0. The van der Waals surface area contributed by atoms with Crippen LogP contribution in [-0.4, -0.2) is 55.8 Å². The molecule has 34 heavy (non-hydrogen) atoms. The summed E-state index contributed by atoms with van der Waals surface area (Å²) >= 11 is 0. The van der Waals surface area contributed by atoms with Gasteiger partial charge >= 0.3 is 12.4 Å². The Labute approximate surface area is 195 Å². The lowest BCUT2D eigenvalue weighted by Gasteiger charge is -2.34. The molecular formula is C23H30F7N3O. The van der Waals surface area contributed by atoms with Gasteiger partial charge in [0.25, 0.3) is 0 Å². The summed E-state index contributed by atoms with van der Waals surface area (Å²) in [5.74, 6) is -0.843. The Morgan fingerprint density at radius 2 is 1.85 bits per heavy atom. The van der Waals surface area contributed by atoms with Crippen LogP contribution in [0.1, 0.15) is 39.0 Å². The molecule has 0 aliphatic carbocycles. The normalized spacial score (nSPS) is 20.1. The van der Waals surface area contributed by atoms with Crippen molar-refractivity contribution >= 4 is 6.21 Å². The summed E-state index contributed by atoms with van der Waals surface area (Å²) in [5, 5.41) is 3.48. The van der Waals surface area contributed by atoms with Crippen LogP contribution in [0.15, 0.2) is 64.4 Å². The highest BCUT2D eigenvalue weighted by atomic mass is 19.4. The van der Waals surface area contributed by atoms with Crippen LogP contribution in [0.5, 0.6) is 0 Å². The van der Waals surface area contributed by atoms with Crippen LogP contribution in [0.2, 0.25) is 0 Å². The summed E-state index contributed by atoms with van der Waals surface area (Å²) in [7, 11) is 3.47. The molecule has 4 nitrogen and oxygen atoms in total. The van der Waals surface area contributed by atoms with Crippen LogP contribution in [0.25, 0.3) is 0 Å². The van der Waals surface area contributed by atoms with Gasteiger partial charge in [-0.05, 0) is 37.8 Å². The van der Waals surface area contributed by atoms with Gasteiger partial charge in [0, 0.05) is 38.5 Å². The van der Waals surface area contributed by atoms with Gasteiger partial charge in [-0.25, -0.2) is 9.40 Å².